The first-order valence-corrected chi connectivity index (χ1v) is 11.4. The van der Waals surface area contributed by atoms with Crippen molar-refractivity contribution < 1.29 is 22.5 Å². The molecule has 0 saturated heterocycles. The van der Waals surface area contributed by atoms with Gasteiger partial charge in [-0.1, -0.05) is 55.5 Å². The zero-order chi connectivity index (χ0) is 22.7. The Morgan fingerprint density at radius 3 is 2.34 bits per heavy atom. The highest BCUT2D eigenvalue weighted by Crippen LogP contribution is 2.27. The highest BCUT2D eigenvalue weighted by molar-refractivity contribution is 7.87. The summed E-state index contributed by atoms with van der Waals surface area (Å²) in [4.78, 5) is 12.9. The van der Waals surface area contributed by atoms with Gasteiger partial charge in [0.05, 0.1) is 5.56 Å². The van der Waals surface area contributed by atoms with E-state index in [1.165, 1.54) is 24.3 Å². The third-order valence-electron chi connectivity index (χ3n) is 5.03. The van der Waals surface area contributed by atoms with Crippen molar-refractivity contribution in [2.45, 2.75) is 18.2 Å². The van der Waals surface area contributed by atoms with Gasteiger partial charge in [0.25, 0.3) is 5.91 Å². The summed E-state index contributed by atoms with van der Waals surface area (Å²) in [5, 5.41) is 14.6. The summed E-state index contributed by atoms with van der Waals surface area (Å²) in [5.41, 5.74) is 1.10. The van der Waals surface area contributed by atoms with Crippen LogP contribution in [0.3, 0.4) is 0 Å². The number of phenolic OH excluding ortho intramolecular Hbond substituents is 1. The zero-order valence-electron chi connectivity index (χ0n) is 17.3. The van der Waals surface area contributed by atoms with Gasteiger partial charge in [0.1, 0.15) is 16.4 Å². The molecule has 4 rings (SSSR count). The molecule has 4 aromatic rings. The summed E-state index contributed by atoms with van der Waals surface area (Å²) in [7, 11) is -4.04. The van der Waals surface area contributed by atoms with Crippen molar-refractivity contribution in [3.05, 3.63) is 96.1 Å². The van der Waals surface area contributed by atoms with Crippen molar-refractivity contribution in [2.75, 3.05) is 5.32 Å². The quantitative estimate of drug-likeness (QED) is 0.400. The van der Waals surface area contributed by atoms with Gasteiger partial charge >= 0.3 is 10.1 Å². The van der Waals surface area contributed by atoms with Crippen molar-refractivity contribution in [1.82, 2.24) is 0 Å². The van der Waals surface area contributed by atoms with E-state index < -0.39 is 16.0 Å². The molecule has 0 radical (unpaired) electrons. The topological polar surface area (TPSA) is 92.7 Å². The molecule has 162 valence electrons. The summed E-state index contributed by atoms with van der Waals surface area (Å²) in [6.45, 7) is 1.87. The predicted octanol–water partition coefficient (Wildman–Crippen LogP) is 5.13. The van der Waals surface area contributed by atoms with Gasteiger partial charge in [0, 0.05) is 11.8 Å². The molecule has 0 unspecified atom stereocenters. The second-order valence-corrected chi connectivity index (χ2v) is 8.71. The van der Waals surface area contributed by atoms with Crippen LogP contribution in [0.2, 0.25) is 0 Å². The molecule has 0 aromatic heterocycles. The maximum atomic E-state index is 12.8. The predicted molar refractivity (Wildman–Crippen MR) is 124 cm³/mol. The number of aryl methyl sites for hydroxylation is 1. The van der Waals surface area contributed by atoms with Crippen LogP contribution in [0.5, 0.6) is 11.5 Å². The van der Waals surface area contributed by atoms with Gasteiger partial charge in [-0.25, -0.2) is 0 Å². The standard InChI is InChI=1S/C25H21NO5S/c1-2-17-8-5-6-13-24(17)32(29,30)31-21-12-7-11-20(16-21)26-25(28)22-14-18-9-3-4-10-19(18)15-23(22)27/h3-16,27H,2H2,1H3,(H,26,28). The van der Waals surface area contributed by atoms with Crippen LogP contribution in [0.1, 0.15) is 22.8 Å². The molecule has 0 spiro atoms. The van der Waals surface area contributed by atoms with Gasteiger partial charge in [-0.15, -0.1) is 0 Å². The smallest absolute Gasteiger partial charge is 0.339 e. The summed E-state index contributed by atoms with van der Waals surface area (Å²) in [6.07, 6.45) is 0.546. The number of phenols is 1. The number of carbonyl (C=O) groups is 1. The number of carbonyl (C=O) groups excluding carboxylic acids is 1. The normalized spacial score (nSPS) is 11.3. The molecule has 32 heavy (non-hydrogen) atoms. The molecule has 7 heteroatoms. The number of aromatic hydroxyl groups is 1. The fourth-order valence-corrected chi connectivity index (χ4v) is 4.67. The lowest BCUT2D eigenvalue weighted by atomic mass is 10.1. The number of rotatable bonds is 6. The van der Waals surface area contributed by atoms with Crippen molar-refractivity contribution in [1.29, 1.82) is 0 Å². The number of hydrogen-bond donors (Lipinski definition) is 2. The molecular weight excluding hydrogens is 426 g/mol. The average molecular weight is 448 g/mol. The monoisotopic (exact) mass is 447 g/mol. The first-order valence-electron chi connectivity index (χ1n) is 10.0. The Morgan fingerprint density at radius 1 is 0.906 bits per heavy atom. The van der Waals surface area contributed by atoms with Gasteiger partial charge in [-0.2, -0.15) is 8.42 Å². The van der Waals surface area contributed by atoms with Gasteiger partial charge in [-0.3, -0.25) is 4.79 Å². The van der Waals surface area contributed by atoms with Crippen LogP contribution in [0.4, 0.5) is 5.69 Å². The van der Waals surface area contributed by atoms with E-state index in [2.05, 4.69) is 5.32 Å². The average Bonchev–Trinajstić information content (AvgIpc) is 2.78. The molecule has 0 aliphatic heterocycles. The Balaban J connectivity index is 1.57. The fourth-order valence-electron chi connectivity index (χ4n) is 3.45. The van der Waals surface area contributed by atoms with Crippen LogP contribution in [-0.2, 0) is 16.5 Å². The number of fused-ring (bicyclic) bond motifs is 1. The second-order valence-electron chi connectivity index (χ2n) is 7.20. The van der Waals surface area contributed by atoms with E-state index >= 15 is 0 Å². The van der Waals surface area contributed by atoms with Crippen molar-refractivity contribution in [3.8, 4) is 11.5 Å². The zero-order valence-corrected chi connectivity index (χ0v) is 18.1. The molecule has 0 fully saturated rings. The van der Waals surface area contributed by atoms with Gasteiger partial charge in [-0.05, 0) is 53.1 Å². The van der Waals surface area contributed by atoms with E-state index in [0.717, 1.165) is 10.8 Å². The molecule has 1 amide bonds. The lowest BCUT2D eigenvalue weighted by molar-refractivity contribution is 0.102. The number of nitrogens with one attached hydrogen (secondary N) is 1. The molecule has 0 aliphatic rings. The van der Waals surface area contributed by atoms with E-state index in [1.54, 1.807) is 36.4 Å². The Labute approximate surface area is 186 Å². The number of benzene rings is 4. The molecule has 4 aromatic carbocycles. The van der Waals surface area contributed by atoms with E-state index in [1.807, 2.05) is 31.2 Å². The van der Waals surface area contributed by atoms with Crippen LogP contribution < -0.4 is 9.50 Å². The molecule has 0 atom stereocenters. The van der Waals surface area contributed by atoms with Crippen molar-refractivity contribution >= 4 is 32.5 Å². The lowest BCUT2D eigenvalue weighted by Gasteiger charge is -2.12. The first kappa shape index (κ1) is 21.4. The Morgan fingerprint density at radius 2 is 1.59 bits per heavy atom. The molecule has 0 heterocycles. The minimum absolute atomic E-state index is 0.0661. The van der Waals surface area contributed by atoms with E-state index in [9.17, 15) is 18.3 Å². The SMILES string of the molecule is CCc1ccccc1S(=O)(=O)Oc1cccc(NC(=O)c2cc3ccccc3cc2O)c1. The number of anilines is 1. The Kier molecular flexibility index (Phi) is 5.83. The highest BCUT2D eigenvalue weighted by Gasteiger charge is 2.20. The molecule has 0 bridgehead atoms. The summed E-state index contributed by atoms with van der Waals surface area (Å²) in [5.74, 6) is -0.603. The summed E-state index contributed by atoms with van der Waals surface area (Å²) >= 11 is 0. The Bertz CT molecular complexity index is 1410. The van der Waals surface area contributed by atoms with Gasteiger partial charge < -0.3 is 14.6 Å². The fraction of sp³-hybridized carbons (Fsp3) is 0.0800. The molecule has 6 nitrogen and oxygen atoms in total. The van der Waals surface area contributed by atoms with Crippen molar-refractivity contribution in [3.63, 3.8) is 0 Å². The second kappa shape index (κ2) is 8.72. The minimum atomic E-state index is -4.04. The molecule has 0 saturated carbocycles. The number of amides is 1. The van der Waals surface area contributed by atoms with E-state index in [4.69, 9.17) is 4.18 Å². The third kappa shape index (κ3) is 4.43. The maximum Gasteiger partial charge on any atom is 0.339 e. The molecular formula is C25H21NO5S. The maximum absolute atomic E-state index is 12.8. The van der Waals surface area contributed by atoms with Gasteiger partial charge in [0.15, 0.2) is 0 Å². The van der Waals surface area contributed by atoms with Crippen LogP contribution in [0, 0.1) is 0 Å². The summed E-state index contributed by atoms with van der Waals surface area (Å²) in [6, 6.07) is 23.3. The van der Waals surface area contributed by atoms with Crippen LogP contribution >= 0.6 is 0 Å². The van der Waals surface area contributed by atoms with Crippen LogP contribution in [-0.4, -0.2) is 19.4 Å². The van der Waals surface area contributed by atoms with E-state index in [0.29, 0.717) is 17.7 Å². The summed E-state index contributed by atoms with van der Waals surface area (Å²) < 4.78 is 30.8. The third-order valence-corrected chi connectivity index (χ3v) is 6.38. The lowest BCUT2D eigenvalue weighted by Crippen LogP contribution is -2.14. The number of hydrogen-bond acceptors (Lipinski definition) is 5. The first-order chi connectivity index (χ1) is 15.4. The highest BCUT2D eigenvalue weighted by atomic mass is 32.2. The largest absolute Gasteiger partial charge is 0.507 e. The van der Waals surface area contributed by atoms with Crippen LogP contribution in [0.15, 0.2) is 89.8 Å². The van der Waals surface area contributed by atoms with E-state index in [-0.39, 0.29) is 22.0 Å². The van der Waals surface area contributed by atoms with Gasteiger partial charge in [0.2, 0.25) is 0 Å². The Hall–Kier alpha value is -3.84. The molecule has 2 N–H and O–H groups in total. The molecule has 0 aliphatic carbocycles. The van der Waals surface area contributed by atoms with Crippen LogP contribution in [0.25, 0.3) is 10.8 Å². The van der Waals surface area contributed by atoms with Crippen molar-refractivity contribution in [2.24, 2.45) is 0 Å². The minimum Gasteiger partial charge on any atom is -0.507 e.